The molecule has 5 heteroatoms. The Kier molecular flexibility index (Phi) is 6.86. The van der Waals surface area contributed by atoms with E-state index < -0.39 is 0 Å². The standard InChI is InChI=1S/C18H18N2OS.BrH/c21-17(16-9-5-2-6-10-16)14-20-11-12-22-18(20)19-13-15-7-3-1-4-8-15;/h1-10H,11-14H2;1H/p-1. The molecule has 0 spiro atoms. The molecule has 2 aromatic rings. The molecule has 0 radical (unpaired) electrons. The van der Waals surface area contributed by atoms with Gasteiger partial charge in [-0.05, 0) is 5.56 Å². The van der Waals surface area contributed by atoms with Crippen molar-refractivity contribution in [2.75, 3.05) is 18.8 Å². The van der Waals surface area contributed by atoms with Gasteiger partial charge in [0.05, 0.1) is 13.1 Å². The fourth-order valence-electron chi connectivity index (χ4n) is 2.36. The zero-order valence-electron chi connectivity index (χ0n) is 12.7. The third-order valence-electron chi connectivity index (χ3n) is 3.53. The van der Waals surface area contributed by atoms with Gasteiger partial charge in [0.25, 0.3) is 0 Å². The number of thioether (sulfide) groups is 1. The predicted octanol–water partition coefficient (Wildman–Crippen LogP) is 0.478. The molecule has 1 aliphatic rings. The Bertz CT molecular complexity index is 661. The highest BCUT2D eigenvalue weighted by Gasteiger charge is 2.22. The molecule has 2 aromatic carbocycles. The first kappa shape index (κ1) is 17.8. The summed E-state index contributed by atoms with van der Waals surface area (Å²) in [5, 5.41) is 0.980. The molecule has 1 fully saturated rings. The molecule has 0 unspecified atom stereocenters. The Labute approximate surface area is 151 Å². The average Bonchev–Trinajstić information content (AvgIpc) is 3.02. The molecule has 23 heavy (non-hydrogen) atoms. The lowest BCUT2D eigenvalue weighted by molar-refractivity contribution is -0.0000121. The molecular weight excluding hydrogens is 372 g/mol. The first-order valence-electron chi connectivity index (χ1n) is 7.37. The zero-order valence-corrected chi connectivity index (χ0v) is 15.1. The molecule has 3 nitrogen and oxygen atoms in total. The first-order valence-corrected chi connectivity index (χ1v) is 8.36. The summed E-state index contributed by atoms with van der Waals surface area (Å²) in [7, 11) is 0. The molecular formula is C18H18BrN2OS-. The number of amidine groups is 1. The van der Waals surface area contributed by atoms with Gasteiger partial charge in [0.15, 0.2) is 11.0 Å². The molecule has 1 heterocycles. The topological polar surface area (TPSA) is 32.7 Å². The molecule has 0 aliphatic carbocycles. The lowest BCUT2D eigenvalue weighted by Crippen LogP contribution is -3.00. The van der Waals surface area contributed by atoms with Crippen LogP contribution in [0.5, 0.6) is 0 Å². The van der Waals surface area contributed by atoms with E-state index in [1.807, 2.05) is 48.5 Å². The van der Waals surface area contributed by atoms with E-state index in [-0.39, 0.29) is 22.8 Å². The Hall–Kier alpha value is -1.59. The minimum Gasteiger partial charge on any atom is -1.00 e. The first-order chi connectivity index (χ1) is 10.8. The van der Waals surface area contributed by atoms with Crippen molar-refractivity contribution in [1.82, 2.24) is 4.90 Å². The van der Waals surface area contributed by atoms with Gasteiger partial charge in [-0.25, -0.2) is 0 Å². The van der Waals surface area contributed by atoms with Gasteiger partial charge in [-0.2, -0.15) is 0 Å². The number of carbonyl (C=O) groups is 1. The van der Waals surface area contributed by atoms with E-state index >= 15 is 0 Å². The second-order valence-corrected chi connectivity index (χ2v) is 6.21. The minimum absolute atomic E-state index is 0. The van der Waals surface area contributed by atoms with Crippen LogP contribution in [0.4, 0.5) is 0 Å². The van der Waals surface area contributed by atoms with Crippen LogP contribution < -0.4 is 17.0 Å². The van der Waals surface area contributed by atoms with Crippen LogP contribution >= 0.6 is 11.8 Å². The summed E-state index contributed by atoms with van der Waals surface area (Å²) in [5.74, 6) is 1.14. The highest BCUT2D eigenvalue weighted by atomic mass is 79.9. The number of carbonyl (C=O) groups excluding carboxylic acids is 1. The highest BCUT2D eigenvalue weighted by Crippen LogP contribution is 2.19. The third-order valence-corrected chi connectivity index (χ3v) is 4.57. The summed E-state index contributed by atoms with van der Waals surface area (Å²) in [6.07, 6.45) is 0. The molecule has 0 bridgehead atoms. The summed E-state index contributed by atoms with van der Waals surface area (Å²) < 4.78 is 0. The van der Waals surface area contributed by atoms with E-state index in [0.29, 0.717) is 13.1 Å². The second kappa shape index (κ2) is 8.89. The SMILES string of the molecule is O=C(CN1CCSC1=NCc1ccccc1)c1ccccc1.[Br-]. The lowest BCUT2D eigenvalue weighted by atomic mass is 10.1. The number of nitrogens with zero attached hydrogens (tertiary/aromatic N) is 2. The molecule has 0 saturated carbocycles. The summed E-state index contributed by atoms with van der Waals surface area (Å²) in [6, 6.07) is 19.7. The fraction of sp³-hybridized carbons (Fsp3) is 0.222. The minimum atomic E-state index is 0. The average molecular weight is 390 g/mol. The van der Waals surface area contributed by atoms with Gasteiger partial charge in [-0.3, -0.25) is 9.79 Å². The van der Waals surface area contributed by atoms with Gasteiger partial charge >= 0.3 is 0 Å². The van der Waals surface area contributed by atoms with Crippen LogP contribution in [0.1, 0.15) is 15.9 Å². The van der Waals surface area contributed by atoms with Crippen LogP contribution in [0.2, 0.25) is 0 Å². The number of benzene rings is 2. The van der Waals surface area contributed by atoms with Crippen LogP contribution in [0.15, 0.2) is 65.7 Å². The molecule has 1 saturated heterocycles. The van der Waals surface area contributed by atoms with Crippen molar-refractivity contribution in [2.45, 2.75) is 6.54 Å². The predicted molar refractivity (Wildman–Crippen MR) is 92.4 cm³/mol. The summed E-state index contributed by atoms with van der Waals surface area (Å²) in [6.45, 7) is 1.96. The van der Waals surface area contributed by atoms with E-state index in [0.717, 1.165) is 23.0 Å². The quantitative estimate of drug-likeness (QED) is 0.697. The number of aliphatic imine (C=N–C) groups is 1. The van der Waals surface area contributed by atoms with Gasteiger partial charge in [0, 0.05) is 17.9 Å². The monoisotopic (exact) mass is 389 g/mol. The van der Waals surface area contributed by atoms with Gasteiger partial charge in [0.2, 0.25) is 0 Å². The molecule has 0 atom stereocenters. The van der Waals surface area contributed by atoms with Crippen LogP contribution in [0.25, 0.3) is 0 Å². The number of halogens is 1. The smallest absolute Gasteiger partial charge is 0.182 e. The lowest BCUT2D eigenvalue weighted by Gasteiger charge is -2.17. The third kappa shape index (κ3) is 4.94. The molecule has 1 aliphatic heterocycles. The maximum Gasteiger partial charge on any atom is 0.182 e. The summed E-state index contributed by atoms with van der Waals surface area (Å²) in [5.41, 5.74) is 1.96. The molecule has 120 valence electrons. The highest BCUT2D eigenvalue weighted by molar-refractivity contribution is 8.14. The molecule has 0 N–H and O–H groups in total. The van der Waals surface area contributed by atoms with E-state index in [1.165, 1.54) is 5.56 Å². The Morgan fingerprint density at radius 2 is 1.70 bits per heavy atom. The Morgan fingerprint density at radius 1 is 1.04 bits per heavy atom. The Balaban J connectivity index is 0.00000192. The summed E-state index contributed by atoms with van der Waals surface area (Å²) in [4.78, 5) is 19.1. The number of hydrogen-bond donors (Lipinski definition) is 0. The second-order valence-electron chi connectivity index (χ2n) is 5.14. The normalized spacial score (nSPS) is 15.5. The fourth-order valence-corrected chi connectivity index (χ4v) is 3.35. The van der Waals surface area contributed by atoms with Gasteiger partial charge < -0.3 is 21.9 Å². The molecule has 0 amide bonds. The number of ketones is 1. The van der Waals surface area contributed by atoms with Crippen molar-refractivity contribution < 1.29 is 21.8 Å². The van der Waals surface area contributed by atoms with Gasteiger partial charge in [0.1, 0.15) is 0 Å². The van der Waals surface area contributed by atoms with Crippen molar-refractivity contribution in [3.63, 3.8) is 0 Å². The number of hydrogen-bond acceptors (Lipinski definition) is 3. The van der Waals surface area contributed by atoms with Crippen molar-refractivity contribution in [2.24, 2.45) is 4.99 Å². The van der Waals surface area contributed by atoms with Gasteiger partial charge in [-0.1, -0.05) is 72.4 Å². The maximum atomic E-state index is 12.3. The van der Waals surface area contributed by atoms with Gasteiger partial charge in [-0.15, -0.1) is 0 Å². The van der Waals surface area contributed by atoms with Crippen LogP contribution in [-0.2, 0) is 6.54 Å². The Morgan fingerprint density at radius 3 is 2.39 bits per heavy atom. The van der Waals surface area contributed by atoms with Crippen molar-refractivity contribution in [3.8, 4) is 0 Å². The molecule has 3 rings (SSSR count). The summed E-state index contributed by atoms with van der Waals surface area (Å²) >= 11 is 1.73. The van der Waals surface area contributed by atoms with E-state index in [2.05, 4.69) is 22.0 Å². The number of rotatable bonds is 5. The zero-order chi connectivity index (χ0) is 15.2. The number of Topliss-reactive ketones (excluding diaryl/α,β-unsaturated/α-hetero) is 1. The van der Waals surface area contributed by atoms with E-state index in [9.17, 15) is 4.79 Å². The van der Waals surface area contributed by atoms with E-state index in [4.69, 9.17) is 0 Å². The van der Waals surface area contributed by atoms with Crippen LogP contribution in [0, 0.1) is 0 Å². The maximum absolute atomic E-state index is 12.3. The molecule has 0 aromatic heterocycles. The van der Waals surface area contributed by atoms with Crippen molar-refractivity contribution >= 4 is 22.7 Å². The largest absolute Gasteiger partial charge is 1.00 e. The van der Waals surface area contributed by atoms with Crippen LogP contribution in [0.3, 0.4) is 0 Å². The van der Waals surface area contributed by atoms with E-state index in [1.54, 1.807) is 11.8 Å². The van der Waals surface area contributed by atoms with Crippen molar-refractivity contribution in [1.29, 1.82) is 0 Å². The van der Waals surface area contributed by atoms with Crippen LogP contribution in [-0.4, -0.2) is 34.7 Å². The van der Waals surface area contributed by atoms with Crippen molar-refractivity contribution in [3.05, 3.63) is 71.8 Å².